The van der Waals surface area contributed by atoms with Crippen molar-refractivity contribution in [3.05, 3.63) is 29.8 Å². The van der Waals surface area contributed by atoms with E-state index in [2.05, 4.69) is 6.08 Å². The lowest BCUT2D eigenvalue weighted by atomic mass is 9.82. The van der Waals surface area contributed by atoms with Gasteiger partial charge in [-0.05, 0) is 64.2 Å². The summed E-state index contributed by atoms with van der Waals surface area (Å²) in [5.74, 6) is 1.61. The van der Waals surface area contributed by atoms with Gasteiger partial charge in [0.15, 0.2) is 0 Å². The van der Waals surface area contributed by atoms with Crippen LogP contribution in [0.3, 0.4) is 0 Å². The Hall–Kier alpha value is -2.17. The highest BCUT2D eigenvalue weighted by molar-refractivity contribution is 5.79. The van der Waals surface area contributed by atoms with Crippen molar-refractivity contribution in [3.63, 3.8) is 0 Å². The quantitative estimate of drug-likeness (QED) is 0.788. The molecular formula is C21H29NO4. The molecule has 0 aliphatic carbocycles. The molecule has 2 atom stereocenters. The predicted octanol–water partition coefficient (Wildman–Crippen LogP) is 4.65. The number of carbonyl (C=O) groups is 1. The zero-order valence-corrected chi connectivity index (χ0v) is 16.4. The van der Waals surface area contributed by atoms with Crippen LogP contribution in [-0.2, 0) is 4.74 Å². The van der Waals surface area contributed by atoms with Gasteiger partial charge in [-0.3, -0.25) is 4.90 Å². The lowest BCUT2D eigenvalue weighted by molar-refractivity contribution is 0.0000783. The molecule has 1 amide bonds. The number of fused-ring (bicyclic) bond motifs is 2. The fourth-order valence-electron chi connectivity index (χ4n) is 3.98. The van der Waals surface area contributed by atoms with E-state index in [-0.39, 0.29) is 18.2 Å². The average Bonchev–Trinajstić information content (AvgIpc) is 2.58. The van der Waals surface area contributed by atoms with Crippen LogP contribution in [0.1, 0.15) is 52.0 Å². The average molecular weight is 359 g/mol. The van der Waals surface area contributed by atoms with E-state index >= 15 is 0 Å². The number of methoxy groups -OCH3 is 2. The number of nitrogens with zero attached hydrogens (tertiary/aromatic N) is 1. The van der Waals surface area contributed by atoms with Crippen molar-refractivity contribution in [1.82, 2.24) is 4.90 Å². The lowest BCUT2D eigenvalue weighted by Gasteiger charge is -2.45. The van der Waals surface area contributed by atoms with E-state index in [1.54, 1.807) is 14.2 Å². The van der Waals surface area contributed by atoms with Gasteiger partial charge in [0.2, 0.25) is 0 Å². The third-order valence-corrected chi connectivity index (χ3v) is 4.99. The fraction of sp³-hybridized carbons (Fsp3) is 0.571. The SMILES string of the molecule is COc1cccc(OC)c1C1=CC2CCCC(C1)N2C(=O)OC(C)(C)C. The molecule has 0 saturated carbocycles. The summed E-state index contributed by atoms with van der Waals surface area (Å²) in [5.41, 5.74) is 1.70. The summed E-state index contributed by atoms with van der Waals surface area (Å²) in [5, 5.41) is 0. The van der Waals surface area contributed by atoms with Crippen molar-refractivity contribution in [2.45, 2.75) is 64.1 Å². The molecule has 26 heavy (non-hydrogen) atoms. The molecule has 0 aromatic heterocycles. The molecule has 0 radical (unpaired) electrons. The molecule has 0 spiro atoms. The smallest absolute Gasteiger partial charge is 0.411 e. The summed E-state index contributed by atoms with van der Waals surface area (Å²) in [6.45, 7) is 5.72. The highest BCUT2D eigenvalue weighted by Gasteiger charge is 2.40. The summed E-state index contributed by atoms with van der Waals surface area (Å²) >= 11 is 0. The van der Waals surface area contributed by atoms with Gasteiger partial charge in [0.25, 0.3) is 0 Å². The minimum absolute atomic E-state index is 0.0574. The number of ether oxygens (including phenoxy) is 3. The number of hydrogen-bond donors (Lipinski definition) is 0. The monoisotopic (exact) mass is 359 g/mol. The van der Waals surface area contributed by atoms with E-state index in [9.17, 15) is 4.79 Å². The maximum Gasteiger partial charge on any atom is 0.411 e. The molecule has 2 unspecified atom stereocenters. The Morgan fingerprint density at radius 2 is 1.77 bits per heavy atom. The Morgan fingerprint density at radius 3 is 2.31 bits per heavy atom. The van der Waals surface area contributed by atoms with Gasteiger partial charge in [0.1, 0.15) is 17.1 Å². The molecule has 1 saturated heterocycles. The summed E-state index contributed by atoms with van der Waals surface area (Å²) in [4.78, 5) is 14.7. The fourth-order valence-corrected chi connectivity index (χ4v) is 3.98. The van der Waals surface area contributed by atoms with E-state index in [0.29, 0.717) is 0 Å². The molecule has 2 aliphatic rings. The molecule has 1 fully saturated rings. The Balaban J connectivity index is 1.96. The number of piperidine rings is 1. The number of rotatable bonds is 3. The van der Waals surface area contributed by atoms with Crippen LogP contribution in [0.4, 0.5) is 4.79 Å². The van der Waals surface area contributed by atoms with Gasteiger partial charge in [-0.2, -0.15) is 0 Å². The van der Waals surface area contributed by atoms with E-state index in [0.717, 1.165) is 42.7 Å². The van der Waals surface area contributed by atoms with Crippen LogP contribution in [0.2, 0.25) is 0 Å². The van der Waals surface area contributed by atoms with Crippen LogP contribution in [0.5, 0.6) is 11.5 Å². The molecule has 2 bridgehead atoms. The molecule has 3 rings (SSSR count). The number of carbonyl (C=O) groups excluding carboxylic acids is 1. The molecular weight excluding hydrogens is 330 g/mol. The normalized spacial score (nSPS) is 22.5. The Morgan fingerprint density at radius 1 is 1.12 bits per heavy atom. The lowest BCUT2D eigenvalue weighted by Crippen LogP contribution is -2.53. The summed E-state index contributed by atoms with van der Waals surface area (Å²) in [6.07, 6.45) is 5.84. The third kappa shape index (κ3) is 3.67. The van der Waals surface area contributed by atoms with Gasteiger partial charge >= 0.3 is 6.09 Å². The summed E-state index contributed by atoms with van der Waals surface area (Å²) < 4.78 is 16.8. The van der Waals surface area contributed by atoms with Crippen molar-refractivity contribution < 1.29 is 19.0 Å². The second-order valence-electron chi connectivity index (χ2n) is 7.97. The second kappa shape index (κ2) is 7.22. The molecule has 142 valence electrons. The Labute approximate surface area is 155 Å². The minimum Gasteiger partial charge on any atom is -0.496 e. The van der Waals surface area contributed by atoms with Crippen LogP contribution in [0, 0.1) is 0 Å². The van der Waals surface area contributed by atoms with Crippen molar-refractivity contribution in [2.75, 3.05) is 14.2 Å². The molecule has 0 N–H and O–H groups in total. The highest BCUT2D eigenvalue weighted by atomic mass is 16.6. The third-order valence-electron chi connectivity index (χ3n) is 4.99. The molecule has 1 aromatic carbocycles. The largest absolute Gasteiger partial charge is 0.496 e. The topological polar surface area (TPSA) is 48.0 Å². The van der Waals surface area contributed by atoms with Gasteiger partial charge in [-0.15, -0.1) is 0 Å². The van der Waals surface area contributed by atoms with Crippen LogP contribution in [-0.4, -0.2) is 42.9 Å². The Bertz CT molecular complexity index is 682. The molecule has 5 heteroatoms. The number of hydrogen-bond acceptors (Lipinski definition) is 4. The zero-order chi connectivity index (χ0) is 18.9. The van der Waals surface area contributed by atoms with Gasteiger partial charge in [-0.25, -0.2) is 4.79 Å². The van der Waals surface area contributed by atoms with Crippen LogP contribution in [0.15, 0.2) is 24.3 Å². The first-order valence-electron chi connectivity index (χ1n) is 9.27. The van der Waals surface area contributed by atoms with Crippen molar-refractivity contribution in [1.29, 1.82) is 0 Å². The standard InChI is InChI=1S/C21H29NO4/c1-21(2,3)26-20(23)22-15-8-6-9-16(22)13-14(12-15)19-17(24-4)10-7-11-18(19)25-5/h7,10-12,15-16H,6,8-9,13H2,1-5H3. The van der Waals surface area contributed by atoms with Crippen molar-refractivity contribution >= 4 is 11.7 Å². The molecule has 2 aliphatic heterocycles. The minimum atomic E-state index is -0.485. The zero-order valence-electron chi connectivity index (χ0n) is 16.4. The summed E-state index contributed by atoms with van der Waals surface area (Å²) in [6, 6.07) is 6.04. The molecule has 1 aromatic rings. The van der Waals surface area contributed by atoms with Crippen LogP contribution in [0.25, 0.3) is 5.57 Å². The first-order valence-corrected chi connectivity index (χ1v) is 9.27. The molecule has 2 heterocycles. The predicted molar refractivity (Wildman–Crippen MR) is 102 cm³/mol. The van der Waals surface area contributed by atoms with E-state index < -0.39 is 5.60 Å². The highest BCUT2D eigenvalue weighted by Crippen LogP contribution is 2.43. The first-order chi connectivity index (χ1) is 12.3. The van der Waals surface area contributed by atoms with Crippen LogP contribution < -0.4 is 9.47 Å². The maximum absolute atomic E-state index is 12.7. The van der Waals surface area contributed by atoms with Crippen molar-refractivity contribution in [3.8, 4) is 11.5 Å². The van der Waals surface area contributed by atoms with Gasteiger partial charge in [0.05, 0.1) is 25.8 Å². The number of benzene rings is 1. The Kier molecular flexibility index (Phi) is 5.17. The van der Waals surface area contributed by atoms with Gasteiger partial charge < -0.3 is 14.2 Å². The second-order valence-corrected chi connectivity index (χ2v) is 7.97. The van der Waals surface area contributed by atoms with Crippen molar-refractivity contribution in [2.24, 2.45) is 0 Å². The van der Waals surface area contributed by atoms with Crippen LogP contribution >= 0.6 is 0 Å². The van der Waals surface area contributed by atoms with E-state index in [4.69, 9.17) is 14.2 Å². The number of amides is 1. The van der Waals surface area contributed by atoms with Gasteiger partial charge in [0, 0.05) is 6.04 Å². The maximum atomic E-state index is 12.7. The molecule has 5 nitrogen and oxygen atoms in total. The van der Waals surface area contributed by atoms with E-state index in [1.165, 1.54) is 5.57 Å². The van der Waals surface area contributed by atoms with E-state index in [1.807, 2.05) is 43.9 Å². The summed E-state index contributed by atoms with van der Waals surface area (Å²) in [7, 11) is 3.35. The van der Waals surface area contributed by atoms with Gasteiger partial charge in [-0.1, -0.05) is 12.1 Å². The first kappa shape index (κ1) is 18.6.